The molecule has 6 heteroatoms. The minimum absolute atomic E-state index is 0.0522. The molecule has 0 bridgehead atoms. The third kappa shape index (κ3) is 7.81. The van der Waals surface area contributed by atoms with Crippen LogP contribution in [0.2, 0.25) is 0 Å². The van der Waals surface area contributed by atoms with Crippen LogP contribution in [0.3, 0.4) is 0 Å². The summed E-state index contributed by atoms with van der Waals surface area (Å²) in [6.45, 7) is 9.13. The first kappa shape index (κ1) is 19.9. The van der Waals surface area contributed by atoms with Crippen molar-refractivity contribution >= 4 is 10.0 Å². The van der Waals surface area contributed by atoms with Crippen molar-refractivity contribution in [2.45, 2.75) is 40.2 Å². The first-order valence-electron chi connectivity index (χ1n) is 7.85. The summed E-state index contributed by atoms with van der Waals surface area (Å²) in [6.07, 6.45) is 0.476. The van der Waals surface area contributed by atoms with E-state index < -0.39 is 10.0 Å². The number of methoxy groups -OCH3 is 1. The quantitative estimate of drug-likeness (QED) is 0.700. The number of para-hydroxylation sites is 1. The van der Waals surface area contributed by atoms with Gasteiger partial charge in [-0.3, -0.25) is 0 Å². The molecule has 1 rings (SSSR count). The Balaban J connectivity index is 2.48. The molecule has 1 aromatic carbocycles. The van der Waals surface area contributed by atoms with E-state index in [1.165, 1.54) is 0 Å². The van der Waals surface area contributed by atoms with Gasteiger partial charge in [-0.15, -0.1) is 0 Å². The van der Waals surface area contributed by atoms with Crippen LogP contribution >= 0.6 is 0 Å². The van der Waals surface area contributed by atoms with E-state index in [1.807, 2.05) is 31.2 Å². The highest BCUT2D eigenvalue weighted by molar-refractivity contribution is 7.89. The number of nitrogens with one attached hydrogen (secondary N) is 1. The average Bonchev–Trinajstić information content (AvgIpc) is 2.45. The highest BCUT2D eigenvalue weighted by Gasteiger charge is 2.18. The number of benzene rings is 1. The van der Waals surface area contributed by atoms with Crippen LogP contribution in [0.4, 0.5) is 0 Å². The predicted octanol–water partition coefficient (Wildman–Crippen LogP) is 3.13. The summed E-state index contributed by atoms with van der Waals surface area (Å²) in [5.41, 5.74) is 0.915. The van der Waals surface area contributed by atoms with Gasteiger partial charge in [0.05, 0.1) is 19.5 Å². The molecule has 1 aromatic rings. The molecule has 1 N–H and O–H groups in total. The van der Waals surface area contributed by atoms with Gasteiger partial charge in [0.15, 0.2) is 0 Å². The molecule has 0 heterocycles. The number of rotatable bonds is 9. The molecule has 5 nitrogen and oxygen atoms in total. The highest BCUT2D eigenvalue weighted by Crippen LogP contribution is 2.24. The summed E-state index contributed by atoms with van der Waals surface area (Å²) >= 11 is 0. The first-order valence-corrected chi connectivity index (χ1v) is 9.50. The molecule has 0 aliphatic carbocycles. The number of ether oxygens (including phenoxy) is 2. The Labute approximate surface area is 140 Å². The van der Waals surface area contributed by atoms with Crippen LogP contribution in [-0.4, -0.2) is 34.5 Å². The molecule has 0 saturated carbocycles. The number of hydrogen-bond acceptors (Lipinski definition) is 4. The second-order valence-electron chi connectivity index (χ2n) is 6.87. The second-order valence-corrected chi connectivity index (χ2v) is 8.74. The first-order chi connectivity index (χ1) is 10.6. The summed E-state index contributed by atoms with van der Waals surface area (Å²) < 4.78 is 37.8. The molecule has 0 saturated heterocycles. The molecule has 0 aliphatic heterocycles. The zero-order chi connectivity index (χ0) is 17.5. The zero-order valence-corrected chi connectivity index (χ0v) is 15.6. The fourth-order valence-corrected chi connectivity index (χ4v) is 3.43. The Morgan fingerprint density at radius 2 is 1.87 bits per heavy atom. The SMILES string of the molecule is COc1ccccc1[C@@H](C)NS(=O)(=O)CCCOCC(C)(C)C. The lowest BCUT2D eigenvalue weighted by Crippen LogP contribution is -2.30. The van der Waals surface area contributed by atoms with Crippen molar-refractivity contribution in [3.05, 3.63) is 29.8 Å². The maximum Gasteiger partial charge on any atom is 0.212 e. The van der Waals surface area contributed by atoms with Crippen LogP contribution in [-0.2, 0) is 14.8 Å². The maximum absolute atomic E-state index is 12.2. The Morgan fingerprint density at radius 1 is 1.22 bits per heavy atom. The van der Waals surface area contributed by atoms with Gasteiger partial charge in [-0.1, -0.05) is 39.0 Å². The molecule has 0 unspecified atom stereocenters. The largest absolute Gasteiger partial charge is 0.496 e. The zero-order valence-electron chi connectivity index (χ0n) is 14.8. The predicted molar refractivity (Wildman–Crippen MR) is 93.2 cm³/mol. The van der Waals surface area contributed by atoms with Gasteiger partial charge >= 0.3 is 0 Å². The van der Waals surface area contributed by atoms with Crippen molar-refractivity contribution in [3.63, 3.8) is 0 Å². The molecule has 23 heavy (non-hydrogen) atoms. The van der Waals surface area contributed by atoms with Gasteiger partial charge in [-0.05, 0) is 24.8 Å². The highest BCUT2D eigenvalue weighted by atomic mass is 32.2. The van der Waals surface area contributed by atoms with Gasteiger partial charge in [0.1, 0.15) is 5.75 Å². The molecule has 0 radical (unpaired) electrons. The smallest absolute Gasteiger partial charge is 0.212 e. The Hall–Kier alpha value is -1.11. The molecule has 1 atom stereocenters. The van der Waals surface area contributed by atoms with E-state index in [2.05, 4.69) is 25.5 Å². The van der Waals surface area contributed by atoms with Crippen LogP contribution in [0.15, 0.2) is 24.3 Å². The lowest BCUT2D eigenvalue weighted by atomic mass is 9.99. The third-order valence-electron chi connectivity index (χ3n) is 3.20. The molecular formula is C17H29NO4S. The fraction of sp³-hybridized carbons (Fsp3) is 0.647. The van der Waals surface area contributed by atoms with Crippen molar-refractivity contribution in [3.8, 4) is 5.75 Å². The van der Waals surface area contributed by atoms with Crippen LogP contribution in [0.1, 0.15) is 45.7 Å². The summed E-state index contributed by atoms with van der Waals surface area (Å²) in [5, 5.41) is 0. The lowest BCUT2D eigenvalue weighted by Gasteiger charge is -2.19. The van der Waals surface area contributed by atoms with E-state index in [-0.39, 0.29) is 17.2 Å². The summed E-state index contributed by atoms with van der Waals surface area (Å²) in [6, 6.07) is 7.06. The molecule has 0 spiro atoms. The summed E-state index contributed by atoms with van der Waals surface area (Å²) in [7, 11) is -1.78. The minimum atomic E-state index is -3.36. The molecular weight excluding hydrogens is 314 g/mol. The van der Waals surface area contributed by atoms with Crippen LogP contribution < -0.4 is 9.46 Å². The Bertz CT molecular complexity index is 579. The number of sulfonamides is 1. The van der Waals surface area contributed by atoms with Crippen LogP contribution in [0.5, 0.6) is 5.75 Å². The van der Waals surface area contributed by atoms with Gasteiger partial charge in [0, 0.05) is 18.2 Å². The summed E-state index contributed by atoms with van der Waals surface area (Å²) in [4.78, 5) is 0. The Morgan fingerprint density at radius 3 is 2.48 bits per heavy atom. The van der Waals surface area contributed by atoms with Gasteiger partial charge in [-0.2, -0.15) is 0 Å². The van der Waals surface area contributed by atoms with E-state index in [0.29, 0.717) is 25.4 Å². The monoisotopic (exact) mass is 343 g/mol. The maximum atomic E-state index is 12.2. The van der Waals surface area contributed by atoms with Gasteiger partial charge in [0.25, 0.3) is 0 Å². The van der Waals surface area contributed by atoms with E-state index in [9.17, 15) is 8.42 Å². The van der Waals surface area contributed by atoms with Crippen LogP contribution in [0, 0.1) is 5.41 Å². The fourth-order valence-electron chi connectivity index (χ4n) is 2.15. The van der Waals surface area contributed by atoms with Gasteiger partial charge < -0.3 is 9.47 Å². The standard InChI is InChI=1S/C17H29NO4S/c1-14(15-9-6-7-10-16(15)21-5)18-23(19,20)12-8-11-22-13-17(2,3)4/h6-7,9-10,14,18H,8,11-13H2,1-5H3/t14-/m1/s1. The van der Waals surface area contributed by atoms with E-state index in [0.717, 1.165) is 5.56 Å². The molecule has 132 valence electrons. The minimum Gasteiger partial charge on any atom is -0.496 e. The van der Waals surface area contributed by atoms with Crippen molar-refractivity contribution in [1.29, 1.82) is 0 Å². The van der Waals surface area contributed by atoms with E-state index in [1.54, 1.807) is 7.11 Å². The van der Waals surface area contributed by atoms with Crippen molar-refractivity contribution < 1.29 is 17.9 Å². The second kappa shape index (κ2) is 8.66. The molecule has 0 fully saturated rings. The molecule has 0 amide bonds. The van der Waals surface area contributed by atoms with Gasteiger partial charge in [-0.25, -0.2) is 13.1 Å². The van der Waals surface area contributed by atoms with Crippen LogP contribution in [0.25, 0.3) is 0 Å². The topological polar surface area (TPSA) is 64.6 Å². The molecule has 0 aliphatic rings. The Kier molecular flexibility index (Phi) is 7.51. The lowest BCUT2D eigenvalue weighted by molar-refractivity contribution is 0.0720. The average molecular weight is 343 g/mol. The van der Waals surface area contributed by atoms with Crippen molar-refractivity contribution in [2.75, 3.05) is 26.1 Å². The third-order valence-corrected chi connectivity index (χ3v) is 4.74. The molecule has 0 aromatic heterocycles. The van der Waals surface area contributed by atoms with E-state index >= 15 is 0 Å². The number of hydrogen-bond donors (Lipinski definition) is 1. The van der Waals surface area contributed by atoms with Crippen molar-refractivity contribution in [1.82, 2.24) is 4.72 Å². The van der Waals surface area contributed by atoms with E-state index in [4.69, 9.17) is 9.47 Å². The normalized spacial score (nSPS) is 13.8. The van der Waals surface area contributed by atoms with Crippen molar-refractivity contribution in [2.24, 2.45) is 5.41 Å². The summed E-state index contributed by atoms with van der Waals surface area (Å²) in [5.74, 6) is 0.729. The van der Waals surface area contributed by atoms with Gasteiger partial charge in [0.2, 0.25) is 10.0 Å².